The maximum absolute atomic E-state index is 12.2. The molecule has 0 aromatic heterocycles. The monoisotopic (exact) mass is 462 g/mol. The van der Waals surface area contributed by atoms with Gasteiger partial charge in [-0.1, -0.05) is 73.5 Å². The van der Waals surface area contributed by atoms with Crippen molar-refractivity contribution in [3.05, 3.63) is 88.9 Å². The Morgan fingerprint density at radius 2 is 1.64 bits per heavy atom. The van der Waals surface area contributed by atoms with Gasteiger partial charge in [0.2, 0.25) is 0 Å². The highest BCUT2D eigenvalue weighted by Crippen LogP contribution is 2.30. The van der Waals surface area contributed by atoms with Crippen LogP contribution in [0.4, 0.5) is 4.79 Å². The molecule has 1 amide bonds. The van der Waals surface area contributed by atoms with Gasteiger partial charge in [0.15, 0.2) is 0 Å². The molecule has 3 aromatic carbocycles. The summed E-state index contributed by atoms with van der Waals surface area (Å²) in [4.78, 5) is 14.7. The first-order valence-electron chi connectivity index (χ1n) is 11.8. The van der Waals surface area contributed by atoms with E-state index in [2.05, 4.69) is 41.4 Å². The first-order chi connectivity index (χ1) is 16.1. The van der Waals surface area contributed by atoms with E-state index >= 15 is 0 Å². The molecule has 1 unspecified atom stereocenters. The Hall–Kier alpha value is -2.82. The van der Waals surface area contributed by atoms with Gasteiger partial charge in [-0.3, -0.25) is 4.90 Å². The van der Waals surface area contributed by atoms with E-state index in [0.717, 1.165) is 24.1 Å². The first-order valence-corrected chi connectivity index (χ1v) is 12.1. The number of halogens is 1. The van der Waals surface area contributed by atoms with Gasteiger partial charge in [0, 0.05) is 17.6 Å². The molecule has 3 aromatic rings. The standard InChI is InChI=1S/C28H31ClN2O2/c1-2-31-20-4-3-5-27(31)24-8-6-21(7-9-24)18-19-30-28(32)33-26-16-12-23(13-17-26)22-10-14-25(29)15-11-22/h6-17,27H,2-5,18-20H2,1H3,(H,30,32). The highest BCUT2D eigenvalue weighted by atomic mass is 35.5. The molecular weight excluding hydrogens is 432 g/mol. The smallest absolute Gasteiger partial charge is 0.410 e. The fourth-order valence-electron chi connectivity index (χ4n) is 4.46. The summed E-state index contributed by atoms with van der Waals surface area (Å²) >= 11 is 5.95. The van der Waals surface area contributed by atoms with Gasteiger partial charge >= 0.3 is 6.09 Å². The van der Waals surface area contributed by atoms with Crippen molar-refractivity contribution in [2.45, 2.75) is 38.6 Å². The van der Waals surface area contributed by atoms with Gasteiger partial charge in [0.25, 0.3) is 0 Å². The lowest BCUT2D eigenvalue weighted by Crippen LogP contribution is -2.33. The SMILES string of the molecule is CCN1CCCCC1c1ccc(CCNC(=O)Oc2ccc(-c3ccc(Cl)cc3)cc2)cc1. The van der Waals surface area contributed by atoms with Crippen molar-refractivity contribution in [1.82, 2.24) is 10.2 Å². The maximum atomic E-state index is 12.2. The highest BCUT2D eigenvalue weighted by Gasteiger charge is 2.22. The van der Waals surface area contributed by atoms with Gasteiger partial charge in [-0.2, -0.15) is 0 Å². The van der Waals surface area contributed by atoms with Crippen molar-refractivity contribution < 1.29 is 9.53 Å². The molecule has 1 saturated heterocycles. The van der Waals surface area contributed by atoms with Crippen molar-refractivity contribution in [2.24, 2.45) is 0 Å². The van der Waals surface area contributed by atoms with Gasteiger partial charge in [0.1, 0.15) is 5.75 Å². The molecule has 1 atom stereocenters. The Morgan fingerprint density at radius 3 is 2.30 bits per heavy atom. The van der Waals surface area contributed by atoms with E-state index in [0.29, 0.717) is 23.4 Å². The summed E-state index contributed by atoms with van der Waals surface area (Å²) in [6, 6.07) is 24.5. The normalized spacial score (nSPS) is 16.4. The number of ether oxygens (including phenoxy) is 1. The van der Waals surface area contributed by atoms with Crippen molar-refractivity contribution >= 4 is 17.7 Å². The molecule has 5 heteroatoms. The van der Waals surface area contributed by atoms with Crippen LogP contribution in [0, 0.1) is 0 Å². The number of nitrogens with zero attached hydrogens (tertiary/aromatic N) is 1. The van der Waals surface area contributed by atoms with E-state index in [1.807, 2.05) is 36.4 Å². The van der Waals surface area contributed by atoms with Crippen molar-refractivity contribution in [1.29, 1.82) is 0 Å². The lowest BCUT2D eigenvalue weighted by Gasteiger charge is -2.35. The summed E-state index contributed by atoms with van der Waals surface area (Å²) in [6.07, 6.45) is 4.18. The zero-order chi connectivity index (χ0) is 23.0. The average Bonchev–Trinajstić information content (AvgIpc) is 2.85. The molecule has 0 radical (unpaired) electrons. The van der Waals surface area contributed by atoms with Crippen LogP contribution >= 0.6 is 11.6 Å². The Kier molecular flexibility index (Phi) is 8.03. The molecular formula is C28H31ClN2O2. The van der Waals surface area contributed by atoms with Crippen LogP contribution in [-0.2, 0) is 6.42 Å². The fraction of sp³-hybridized carbons (Fsp3) is 0.321. The summed E-state index contributed by atoms with van der Waals surface area (Å²) in [7, 11) is 0. The Labute approximate surface area is 201 Å². The van der Waals surface area contributed by atoms with Crippen LogP contribution in [-0.4, -0.2) is 30.6 Å². The van der Waals surface area contributed by atoms with Gasteiger partial charge in [-0.05, 0) is 78.9 Å². The molecule has 1 aliphatic rings. The second-order valence-corrected chi connectivity index (χ2v) is 8.92. The number of nitrogens with one attached hydrogen (secondary N) is 1. The number of likely N-dealkylation sites (tertiary alicyclic amines) is 1. The second kappa shape index (κ2) is 11.4. The predicted molar refractivity (Wildman–Crippen MR) is 135 cm³/mol. The molecule has 0 saturated carbocycles. The van der Waals surface area contributed by atoms with E-state index in [9.17, 15) is 4.79 Å². The zero-order valence-electron chi connectivity index (χ0n) is 19.1. The van der Waals surface area contributed by atoms with Crippen LogP contribution in [0.15, 0.2) is 72.8 Å². The second-order valence-electron chi connectivity index (χ2n) is 8.48. The molecule has 1 aliphatic heterocycles. The summed E-state index contributed by atoms with van der Waals surface area (Å²) < 4.78 is 5.41. The van der Waals surface area contributed by atoms with Crippen LogP contribution in [0.3, 0.4) is 0 Å². The summed E-state index contributed by atoms with van der Waals surface area (Å²) in [5.74, 6) is 0.516. The van der Waals surface area contributed by atoms with E-state index in [1.165, 1.54) is 36.9 Å². The third-order valence-electron chi connectivity index (χ3n) is 6.31. The summed E-state index contributed by atoms with van der Waals surface area (Å²) in [6.45, 7) is 5.07. The third-order valence-corrected chi connectivity index (χ3v) is 6.56. The van der Waals surface area contributed by atoms with E-state index in [1.54, 1.807) is 12.1 Å². The van der Waals surface area contributed by atoms with Gasteiger partial charge in [0.05, 0.1) is 0 Å². The van der Waals surface area contributed by atoms with E-state index in [4.69, 9.17) is 16.3 Å². The van der Waals surface area contributed by atoms with Gasteiger partial charge < -0.3 is 10.1 Å². The number of hydrogen-bond donors (Lipinski definition) is 1. The number of benzene rings is 3. The third kappa shape index (κ3) is 6.37. The minimum atomic E-state index is -0.438. The van der Waals surface area contributed by atoms with E-state index in [-0.39, 0.29) is 0 Å². The molecule has 0 bridgehead atoms. The van der Waals surface area contributed by atoms with Crippen LogP contribution in [0.5, 0.6) is 5.75 Å². The highest BCUT2D eigenvalue weighted by molar-refractivity contribution is 6.30. The lowest BCUT2D eigenvalue weighted by molar-refractivity contribution is 0.157. The molecule has 4 rings (SSSR count). The van der Waals surface area contributed by atoms with Crippen LogP contribution in [0.1, 0.15) is 43.4 Å². The molecule has 172 valence electrons. The van der Waals surface area contributed by atoms with Crippen LogP contribution in [0.2, 0.25) is 5.02 Å². The topological polar surface area (TPSA) is 41.6 Å². The number of carbonyl (C=O) groups excluding carboxylic acids is 1. The number of amides is 1. The van der Waals surface area contributed by atoms with E-state index < -0.39 is 6.09 Å². The number of hydrogen-bond acceptors (Lipinski definition) is 3. The predicted octanol–water partition coefficient (Wildman–Crippen LogP) is 6.89. The van der Waals surface area contributed by atoms with Gasteiger partial charge in [-0.15, -0.1) is 0 Å². The maximum Gasteiger partial charge on any atom is 0.412 e. The molecule has 4 nitrogen and oxygen atoms in total. The molecule has 33 heavy (non-hydrogen) atoms. The fourth-order valence-corrected chi connectivity index (χ4v) is 4.59. The Bertz CT molecular complexity index is 1030. The minimum absolute atomic E-state index is 0.438. The molecule has 1 fully saturated rings. The zero-order valence-corrected chi connectivity index (χ0v) is 19.9. The van der Waals surface area contributed by atoms with Crippen LogP contribution < -0.4 is 10.1 Å². The van der Waals surface area contributed by atoms with Crippen molar-refractivity contribution in [2.75, 3.05) is 19.6 Å². The minimum Gasteiger partial charge on any atom is -0.410 e. The molecule has 1 heterocycles. The Balaban J connectivity index is 1.23. The molecule has 1 N–H and O–H groups in total. The van der Waals surface area contributed by atoms with Crippen LogP contribution in [0.25, 0.3) is 11.1 Å². The summed E-state index contributed by atoms with van der Waals surface area (Å²) in [5.41, 5.74) is 4.71. The number of carbonyl (C=O) groups is 1. The number of rotatable bonds is 7. The largest absolute Gasteiger partial charge is 0.412 e. The summed E-state index contributed by atoms with van der Waals surface area (Å²) in [5, 5.41) is 3.55. The van der Waals surface area contributed by atoms with Crippen molar-refractivity contribution in [3.8, 4) is 16.9 Å². The van der Waals surface area contributed by atoms with Crippen molar-refractivity contribution in [3.63, 3.8) is 0 Å². The molecule has 0 aliphatic carbocycles. The average molecular weight is 463 g/mol. The first kappa shape index (κ1) is 23.3. The Morgan fingerprint density at radius 1 is 0.970 bits per heavy atom. The quantitative estimate of drug-likeness (QED) is 0.415. The number of piperidine rings is 1. The molecule has 0 spiro atoms. The lowest BCUT2D eigenvalue weighted by atomic mass is 9.94. The van der Waals surface area contributed by atoms with Gasteiger partial charge in [-0.25, -0.2) is 4.79 Å².